The predicted molar refractivity (Wildman–Crippen MR) is 82.7 cm³/mol. The van der Waals surface area contributed by atoms with Crippen LogP contribution in [0.25, 0.3) is 0 Å². The van der Waals surface area contributed by atoms with Crippen LogP contribution in [0.4, 0.5) is 0 Å². The van der Waals surface area contributed by atoms with Crippen LogP contribution in [0.2, 0.25) is 0 Å². The van der Waals surface area contributed by atoms with Crippen LogP contribution in [-0.4, -0.2) is 16.5 Å². The monoisotopic (exact) mass is 290 g/mol. The third kappa shape index (κ3) is 1.90. The first kappa shape index (κ1) is 14.2. The average Bonchev–Trinajstić information content (AvgIpc) is 2.69. The van der Waals surface area contributed by atoms with Crippen LogP contribution in [0.1, 0.15) is 71.6 Å². The Kier molecular flexibility index (Phi) is 3.10. The predicted octanol–water partition coefficient (Wildman–Crippen LogP) is 3.96. The van der Waals surface area contributed by atoms with Crippen LogP contribution < -0.4 is 0 Å². The van der Waals surface area contributed by atoms with Gasteiger partial charge in [0.15, 0.2) is 0 Å². The highest BCUT2D eigenvalue weighted by Crippen LogP contribution is 2.65. The van der Waals surface area contributed by atoms with E-state index in [1.54, 1.807) is 0 Å². The summed E-state index contributed by atoms with van der Waals surface area (Å²) in [6, 6.07) is 0. The van der Waals surface area contributed by atoms with Crippen molar-refractivity contribution in [2.45, 2.75) is 77.2 Å². The van der Waals surface area contributed by atoms with Crippen LogP contribution in [-0.2, 0) is 4.79 Å². The van der Waals surface area contributed by atoms with Crippen molar-refractivity contribution < 1.29 is 9.90 Å². The third-order valence-electron chi connectivity index (χ3n) is 8.33. The summed E-state index contributed by atoms with van der Waals surface area (Å²) in [6.45, 7) is 4.44. The first-order valence-corrected chi connectivity index (χ1v) is 9.16. The number of aliphatic hydroxyl groups is 1. The van der Waals surface area contributed by atoms with Crippen molar-refractivity contribution in [3.63, 3.8) is 0 Å². The minimum absolute atomic E-state index is 0.144. The Morgan fingerprint density at radius 3 is 2.57 bits per heavy atom. The molecule has 0 saturated heterocycles. The van der Waals surface area contributed by atoms with Crippen LogP contribution in [0.3, 0.4) is 0 Å². The summed E-state index contributed by atoms with van der Waals surface area (Å²) in [5.41, 5.74) is -0.312. The standard InChI is InChI=1S/C19H30O2/c1-18-9-7-15-14-6-4-13(20)11-12(14)3-5-16(15)17(18)8-10-19(18,2)21/h12,14-17,21H,3-11H2,1-2H3/t12?,14?,15?,16?,17?,18?,19-/m0/s1. The molecule has 0 aliphatic heterocycles. The first-order chi connectivity index (χ1) is 9.92. The number of fused-ring (bicyclic) bond motifs is 5. The zero-order valence-electron chi connectivity index (χ0n) is 13.6. The summed E-state index contributed by atoms with van der Waals surface area (Å²) in [5.74, 6) is 4.43. The van der Waals surface area contributed by atoms with Crippen molar-refractivity contribution in [3.8, 4) is 0 Å². The fourth-order valence-electron chi connectivity index (χ4n) is 6.90. The lowest BCUT2D eigenvalue weighted by Crippen LogP contribution is -2.52. The largest absolute Gasteiger partial charge is 0.390 e. The minimum atomic E-state index is -0.456. The van der Waals surface area contributed by atoms with Gasteiger partial charge in [0.25, 0.3) is 0 Å². The van der Waals surface area contributed by atoms with Gasteiger partial charge >= 0.3 is 0 Å². The SMILES string of the molecule is CC12CCC3C4CCC(=O)CC4CCC3C1CC[C@]2(C)O. The molecule has 0 spiro atoms. The summed E-state index contributed by atoms with van der Waals surface area (Å²) >= 11 is 0. The van der Waals surface area contributed by atoms with Crippen molar-refractivity contribution in [3.05, 3.63) is 0 Å². The maximum absolute atomic E-state index is 11.8. The topological polar surface area (TPSA) is 37.3 Å². The lowest BCUT2D eigenvalue weighted by atomic mass is 9.49. The van der Waals surface area contributed by atoms with Gasteiger partial charge in [0.2, 0.25) is 0 Å². The number of hydrogen-bond donors (Lipinski definition) is 1. The minimum Gasteiger partial charge on any atom is -0.390 e. The highest BCUT2D eigenvalue weighted by molar-refractivity contribution is 5.79. The second-order valence-electron chi connectivity index (χ2n) is 8.99. The Bertz CT molecular complexity index is 454. The van der Waals surface area contributed by atoms with Gasteiger partial charge in [0.05, 0.1) is 5.60 Å². The average molecular weight is 290 g/mol. The van der Waals surface area contributed by atoms with E-state index in [0.717, 1.165) is 49.4 Å². The number of carbonyl (C=O) groups is 1. The molecule has 0 aromatic heterocycles. The molecule has 118 valence electrons. The van der Waals surface area contributed by atoms with Crippen LogP contribution in [0.15, 0.2) is 0 Å². The Morgan fingerprint density at radius 1 is 0.952 bits per heavy atom. The van der Waals surface area contributed by atoms with Crippen molar-refractivity contribution in [1.82, 2.24) is 0 Å². The summed E-state index contributed by atoms with van der Waals surface area (Å²) in [4.78, 5) is 11.8. The van der Waals surface area contributed by atoms with Crippen molar-refractivity contribution in [2.75, 3.05) is 0 Å². The molecule has 4 saturated carbocycles. The smallest absolute Gasteiger partial charge is 0.133 e. The quantitative estimate of drug-likeness (QED) is 0.733. The molecule has 6 unspecified atom stereocenters. The van der Waals surface area contributed by atoms with E-state index < -0.39 is 5.60 Å². The molecule has 4 aliphatic rings. The normalized spacial score (nSPS) is 56.5. The molecule has 0 radical (unpaired) electrons. The van der Waals surface area contributed by atoms with E-state index in [0.29, 0.717) is 11.7 Å². The van der Waals surface area contributed by atoms with Gasteiger partial charge in [0.1, 0.15) is 5.78 Å². The number of Topliss-reactive ketones (excluding diaryl/α,β-unsaturated/α-hetero) is 1. The molecule has 0 aromatic rings. The number of ketones is 1. The molecule has 2 heteroatoms. The summed E-state index contributed by atoms with van der Waals surface area (Å²) in [5, 5.41) is 10.9. The Balaban J connectivity index is 1.60. The van der Waals surface area contributed by atoms with E-state index >= 15 is 0 Å². The Hall–Kier alpha value is -0.370. The highest BCUT2D eigenvalue weighted by Gasteiger charge is 2.60. The maximum Gasteiger partial charge on any atom is 0.133 e. The van der Waals surface area contributed by atoms with Gasteiger partial charge < -0.3 is 5.11 Å². The summed E-state index contributed by atoms with van der Waals surface area (Å²) in [7, 11) is 0. The summed E-state index contributed by atoms with van der Waals surface area (Å²) < 4.78 is 0. The first-order valence-electron chi connectivity index (χ1n) is 9.16. The fraction of sp³-hybridized carbons (Fsp3) is 0.947. The van der Waals surface area contributed by atoms with E-state index in [1.165, 1.54) is 32.1 Å². The number of carbonyl (C=O) groups excluding carboxylic acids is 1. The molecule has 1 N–H and O–H groups in total. The van der Waals surface area contributed by atoms with Crippen molar-refractivity contribution in [2.24, 2.45) is 35.0 Å². The molecule has 4 fully saturated rings. The number of rotatable bonds is 0. The van der Waals surface area contributed by atoms with E-state index in [2.05, 4.69) is 13.8 Å². The van der Waals surface area contributed by atoms with E-state index in [4.69, 9.17) is 0 Å². The van der Waals surface area contributed by atoms with E-state index in [9.17, 15) is 9.90 Å². The lowest BCUT2D eigenvalue weighted by molar-refractivity contribution is -0.134. The molecule has 7 atom stereocenters. The van der Waals surface area contributed by atoms with Crippen LogP contribution in [0.5, 0.6) is 0 Å². The number of hydrogen-bond acceptors (Lipinski definition) is 2. The van der Waals surface area contributed by atoms with Crippen molar-refractivity contribution >= 4 is 5.78 Å². The van der Waals surface area contributed by atoms with Gasteiger partial charge in [-0.1, -0.05) is 6.92 Å². The summed E-state index contributed by atoms with van der Waals surface area (Å²) in [6.07, 6.45) is 10.2. The van der Waals surface area contributed by atoms with E-state index in [-0.39, 0.29) is 5.41 Å². The Morgan fingerprint density at radius 2 is 1.76 bits per heavy atom. The van der Waals surface area contributed by atoms with Crippen LogP contribution in [0, 0.1) is 35.0 Å². The molecule has 4 aliphatic carbocycles. The molecule has 0 aromatic carbocycles. The van der Waals surface area contributed by atoms with Gasteiger partial charge in [0, 0.05) is 12.8 Å². The molecule has 0 heterocycles. The second kappa shape index (κ2) is 4.57. The zero-order chi connectivity index (χ0) is 14.8. The molecule has 4 rings (SSSR count). The highest BCUT2D eigenvalue weighted by atomic mass is 16.3. The molecule has 0 amide bonds. The van der Waals surface area contributed by atoms with Crippen molar-refractivity contribution in [1.29, 1.82) is 0 Å². The second-order valence-corrected chi connectivity index (χ2v) is 8.99. The van der Waals surface area contributed by atoms with Gasteiger partial charge in [-0.05, 0) is 86.9 Å². The van der Waals surface area contributed by atoms with Gasteiger partial charge in [-0.3, -0.25) is 4.79 Å². The lowest BCUT2D eigenvalue weighted by Gasteiger charge is -2.56. The molecule has 0 bridgehead atoms. The fourth-order valence-corrected chi connectivity index (χ4v) is 6.90. The van der Waals surface area contributed by atoms with E-state index in [1.807, 2.05) is 0 Å². The zero-order valence-corrected chi connectivity index (χ0v) is 13.6. The van der Waals surface area contributed by atoms with Gasteiger partial charge in [-0.15, -0.1) is 0 Å². The molecule has 2 nitrogen and oxygen atoms in total. The van der Waals surface area contributed by atoms with Gasteiger partial charge in [-0.2, -0.15) is 0 Å². The maximum atomic E-state index is 11.8. The molecule has 21 heavy (non-hydrogen) atoms. The molecular formula is C19H30O2. The third-order valence-corrected chi connectivity index (χ3v) is 8.33. The van der Waals surface area contributed by atoms with Crippen LogP contribution >= 0.6 is 0 Å². The Labute approximate surface area is 128 Å². The van der Waals surface area contributed by atoms with Gasteiger partial charge in [-0.25, -0.2) is 0 Å². The molecular weight excluding hydrogens is 260 g/mol.